The average Bonchev–Trinajstić information content (AvgIpc) is 2.77. The van der Waals surface area contributed by atoms with Gasteiger partial charge < -0.3 is 14.5 Å². The highest BCUT2D eigenvalue weighted by Crippen LogP contribution is 2.25. The van der Waals surface area contributed by atoms with Gasteiger partial charge in [0.15, 0.2) is 0 Å². The highest BCUT2D eigenvalue weighted by molar-refractivity contribution is 5.95. The van der Waals surface area contributed by atoms with Crippen LogP contribution in [0, 0.1) is 18.3 Å². The molecule has 1 aliphatic heterocycles. The van der Waals surface area contributed by atoms with Crippen molar-refractivity contribution in [1.29, 1.82) is 0 Å². The summed E-state index contributed by atoms with van der Waals surface area (Å²) >= 11 is 0. The van der Waals surface area contributed by atoms with E-state index < -0.39 is 0 Å². The number of hydrogen-bond donors (Lipinski definition) is 0. The molecule has 144 valence electrons. The lowest BCUT2D eigenvalue weighted by Crippen LogP contribution is -2.46. The van der Waals surface area contributed by atoms with E-state index in [9.17, 15) is 9.59 Å². The number of benzene rings is 2. The molecule has 1 unspecified atom stereocenters. The van der Waals surface area contributed by atoms with E-state index in [4.69, 9.17) is 11.2 Å². The number of terminal acetylenes is 1. The monoisotopic (exact) mass is 376 g/mol. The van der Waals surface area contributed by atoms with Crippen LogP contribution in [0.3, 0.4) is 0 Å². The second-order valence-corrected chi connectivity index (χ2v) is 6.86. The number of carbonyl (C=O) groups is 2. The number of hydrogen-bond acceptors (Lipinski definition) is 3. The lowest BCUT2D eigenvalue weighted by molar-refractivity contribution is -0.123. The summed E-state index contributed by atoms with van der Waals surface area (Å²) < 4.78 is 4.83. The van der Waals surface area contributed by atoms with Crippen LogP contribution in [0.4, 0.5) is 10.5 Å². The molecular weight excluding hydrogens is 352 g/mol. The number of amides is 2. The molecule has 0 aliphatic carbocycles. The van der Waals surface area contributed by atoms with Crippen LogP contribution in [0.2, 0.25) is 0 Å². The standard InChI is InChI=1S/C23H24N2O3/c1-3-18-11-7-13-21(15-18)25(16-19-9-5-4-6-10-19)22(26)20-12-8-14-24(17-20)23(27)28-2/h1,4-7,9-11,13,15,20H,8,12,14,16-17H2,2H3. The highest BCUT2D eigenvalue weighted by atomic mass is 16.5. The van der Waals surface area contributed by atoms with E-state index in [0.29, 0.717) is 19.6 Å². The largest absolute Gasteiger partial charge is 0.453 e. The zero-order valence-electron chi connectivity index (χ0n) is 16.0. The van der Waals surface area contributed by atoms with Gasteiger partial charge in [0.05, 0.1) is 19.6 Å². The molecule has 5 heteroatoms. The number of likely N-dealkylation sites (tertiary alicyclic amines) is 1. The Bertz CT molecular complexity index is 873. The lowest BCUT2D eigenvalue weighted by atomic mass is 9.96. The van der Waals surface area contributed by atoms with Gasteiger partial charge in [-0.2, -0.15) is 0 Å². The minimum atomic E-state index is -0.388. The van der Waals surface area contributed by atoms with Crippen LogP contribution in [0.15, 0.2) is 54.6 Å². The number of anilines is 1. The van der Waals surface area contributed by atoms with Crippen LogP contribution < -0.4 is 4.90 Å². The average molecular weight is 376 g/mol. The molecule has 0 spiro atoms. The maximum absolute atomic E-state index is 13.5. The first-order valence-electron chi connectivity index (χ1n) is 9.37. The minimum absolute atomic E-state index is 0.00775. The second kappa shape index (κ2) is 9.09. The number of ether oxygens (including phenoxy) is 1. The molecule has 0 N–H and O–H groups in total. The first-order chi connectivity index (χ1) is 13.6. The summed E-state index contributed by atoms with van der Waals surface area (Å²) in [6.07, 6.45) is 6.67. The van der Waals surface area contributed by atoms with Crippen molar-refractivity contribution in [3.63, 3.8) is 0 Å². The van der Waals surface area contributed by atoms with Crippen LogP contribution in [0.1, 0.15) is 24.0 Å². The summed E-state index contributed by atoms with van der Waals surface area (Å²) in [6, 6.07) is 17.3. The van der Waals surface area contributed by atoms with Gasteiger partial charge in [-0.15, -0.1) is 6.42 Å². The number of rotatable bonds is 4. The van der Waals surface area contributed by atoms with Crippen LogP contribution in [0.5, 0.6) is 0 Å². The van der Waals surface area contributed by atoms with Crippen molar-refractivity contribution in [3.05, 3.63) is 65.7 Å². The third-order valence-electron chi connectivity index (χ3n) is 4.98. The molecule has 1 saturated heterocycles. The van der Waals surface area contributed by atoms with Gasteiger partial charge in [0, 0.05) is 24.3 Å². The summed E-state index contributed by atoms with van der Waals surface area (Å²) in [7, 11) is 1.36. The Morgan fingerprint density at radius 2 is 2.00 bits per heavy atom. The van der Waals surface area contributed by atoms with Gasteiger partial charge in [0.2, 0.25) is 5.91 Å². The molecule has 1 aliphatic rings. The Labute approximate surface area is 165 Å². The number of carbonyl (C=O) groups excluding carboxylic acids is 2. The quantitative estimate of drug-likeness (QED) is 0.765. The van der Waals surface area contributed by atoms with Crippen LogP contribution >= 0.6 is 0 Å². The number of nitrogens with zero attached hydrogens (tertiary/aromatic N) is 2. The minimum Gasteiger partial charge on any atom is -0.453 e. The molecule has 1 fully saturated rings. The molecule has 3 rings (SSSR count). The van der Waals surface area contributed by atoms with Crippen LogP contribution in [-0.4, -0.2) is 37.1 Å². The van der Waals surface area contributed by atoms with Gasteiger partial charge in [-0.1, -0.05) is 42.3 Å². The molecular formula is C23H24N2O3. The fourth-order valence-corrected chi connectivity index (χ4v) is 3.52. The van der Waals surface area contributed by atoms with Gasteiger partial charge in [0.25, 0.3) is 0 Å². The fourth-order valence-electron chi connectivity index (χ4n) is 3.52. The molecule has 2 amide bonds. The van der Waals surface area contributed by atoms with Crippen molar-refractivity contribution >= 4 is 17.7 Å². The third kappa shape index (κ3) is 4.52. The Morgan fingerprint density at radius 3 is 2.71 bits per heavy atom. The maximum Gasteiger partial charge on any atom is 0.409 e. The van der Waals surface area contributed by atoms with E-state index >= 15 is 0 Å². The molecule has 5 nitrogen and oxygen atoms in total. The molecule has 0 aromatic heterocycles. The number of piperidine rings is 1. The maximum atomic E-state index is 13.5. The topological polar surface area (TPSA) is 49.9 Å². The van der Waals surface area contributed by atoms with Crippen LogP contribution in [0.25, 0.3) is 0 Å². The summed E-state index contributed by atoms with van der Waals surface area (Å²) in [5, 5.41) is 0. The van der Waals surface area contributed by atoms with Gasteiger partial charge in [-0.05, 0) is 36.6 Å². The Morgan fingerprint density at radius 1 is 1.21 bits per heavy atom. The molecule has 0 radical (unpaired) electrons. The number of methoxy groups -OCH3 is 1. The Hall–Kier alpha value is -3.26. The third-order valence-corrected chi connectivity index (χ3v) is 4.98. The Balaban J connectivity index is 1.88. The normalized spacial score (nSPS) is 16.1. The zero-order chi connectivity index (χ0) is 19.9. The molecule has 28 heavy (non-hydrogen) atoms. The molecule has 1 atom stereocenters. The van der Waals surface area contributed by atoms with Crippen molar-refractivity contribution in [1.82, 2.24) is 4.90 Å². The van der Waals surface area contributed by atoms with Gasteiger partial charge in [-0.25, -0.2) is 4.79 Å². The van der Waals surface area contributed by atoms with Crippen molar-refractivity contribution in [2.75, 3.05) is 25.1 Å². The Kier molecular flexibility index (Phi) is 6.33. The van der Waals surface area contributed by atoms with Crippen molar-refractivity contribution in [2.24, 2.45) is 5.92 Å². The van der Waals surface area contributed by atoms with E-state index in [1.165, 1.54) is 7.11 Å². The summed E-state index contributed by atoms with van der Waals surface area (Å²) in [5.74, 6) is 2.35. The van der Waals surface area contributed by atoms with E-state index in [0.717, 1.165) is 29.7 Å². The first-order valence-corrected chi connectivity index (χ1v) is 9.37. The SMILES string of the molecule is C#Cc1cccc(N(Cc2ccccc2)C(=O)C2CCCN(C(=O)OC)C2)c1. The zero-order valence-corrected chi connectivity index (χ0v) is 16.0. The lowest BCUT2D eigenvalue weighted by Gasteiger charge is -2.34. The first kappa shape index (κ1) is 19.5. The summed E-state index contributed by atoms with van der Waals surface area (Å²) in [6.45, 7) is 1.43. The van der Waals surface area contributed by atoms with Gasteiger partial charge in [-0.3, -0.25) is 4.79 Å². The molecule has 1 heterocycles. The van der Waals surface area contributed by atoms with E-state index in [1.54, 1.807) is 9.80 Å². The van der Waals surface area contributed by atoms with E-state index in [1.807, 2.05) is 54.6 Å². The van der Waals surface area contributed by atoms with Crippen LogP contribution in [-0.2, 0) is 16.1 Å². The van der Waals surface area contributed by atoms with Crippen molar-refractivity contribution < 1.29 is 14.3 Å². The smallest absolute Gasteiger partial charge is 0.409 e. The fraction of sp³-hybridized carbons (Fsp3) is 0.304. The molecule has 2 aromatic rings. The van der Waals surface area contributed by atoms with E-state index in [2.05, 4.69) is 5.92 Å². The molecule has 0 bridgehead atoms. The second-order valence-electron chi connectivity index (χ2n) is 6.86. The van der Waals surface area contributed by atoms with Crippen molar-refractivity contribution in [3.8, 4) is 12.3 Å². The van der Waals surface area contributed by atoms with Gasteiger partial charge in [0.1, 0.15) is 0 Å². The molecule has 0 saturated carbocycles. The van der Waals surface area contributed by atoms with Gasteiger partial charge >= 0.3 is 6.09 Å². The van der Waals surface area contributed by atoms with E-state index in [-0.39, 0.29) is 17.9 Å². The summed E-state index contributed by atoms with van der Waals surface area (Å²) in [4.78, 5) is 28.7. The predicted molar refractivity (Wildman–Crippen MR) is 109 cm³/mol. The predicted octanol–water partition coefficient (Wildman–Crippen LogP) is 3.68. The highest BCUT2D eigenvalue weighted by Gasteiger charge is 2.32. The van der Waals surface area contributed by atoms with Crippen molar-refractivity contribution in [2.45, 2.75) is 19.4 Å². The summed E-state index contributed by atoms with van der Waals surface area (Å²) in [5.41, 5.74) is 2.52. The molecule has 2 aromatic carbocycles.